The lowest BCUT2D eigenvalue weighted by molar-refractivity contribution is -0.161. The highest BCUT2D eigenvalue weighted by Crippen LogP contribution is 2.43. The number of hydrogen-bond acceptors (Lipinski definition) is 11. The van der Waals surface area contributed by atoms with Gasteiger partial charge in [-0.3, -0.25) is 23.4 Å². The van der Waals surface area contributed by atoms with Crippen molar-refractivity contribution in [2.75, 3.05) is 59.3 Å². The Morgan fingerprint density at radius 3 is 1.38 bits per heavy atom. The molecule has 0 saturated heterocycles. The molecule has 0 aromatic heterocycles. The zero-order valence-electron chi connectivity index (χ0n) is 39.1. The number of ether oxygens (including phenoxy) is 4. The van der Waals surface area contributed by atoms with Crippen molar-refractivity contribution in [3.63, 3.8) is 0 Å². The van der Waals surface area contributed by atoms with Gasteiger partial charge in [0.15, 0.2) is 6.10 Å². The van der Waals surface area contributed by atoms with Crippen LogP contribution in [0.4, 0.5) is 0 Å². The molecule has 362 valence electrons. The van der Waals surface area contributed by atoms with E-state index in [1.807, 2.05) is 0 Å². The Morgan fingerprint density at radius 1 is 0.525 bits per heavy atom. The molecule has 0 aromatic rings. The Bertz CT molecular complexity index is 1040. The third-order valence-corrected chi connectivity index (χ3v) is 11.7. The molecule has 61 heavy (non-hydrogen) atoms. The van der Waals surface area contributed by atoms with Gasteiger partial charge in [0.1, 0.15) is 13.2 Å². The number of unbranched alkanes of at least 4 members (excludes halogenated alkanes) is 28. The summed E-state index contributed by atoms with van der Waals surface area (Å²) in [6.07, 6.45) is 36.2. The standard InChI is InChI=1S/C47H93N2O11P/c1-3-5-7-9-11-13-15-17-19-21-23-25-27-29-31-33-46(51)57-41-44(42-59-61(53,54)58-38-36-49-45(50)43-56-40-39-55-37-35-48)60-47(52)34-32-30-28-26-24-22-20-18-16-14-12-10-8-6-4-2/h44H,3-43,48H2,1-2H3,(H,49,50)(H,53,54)/t44-/m1/s1. The second-order valence-electron chi connectivity index (χ2n) is 16.6. The average Bonchev–Trinajstić information content (AvgIpc) is 3.24. The zero-order chi connectivity index (χ0) is 44.8. The minimum atomic E-state index is -4.58. The SMILES string of the molecule is CCCCCCCCCCCCCCCCCC(=O)OC[C@H](COP(=O)(O)OCCNC(=O)COCCOCCN)OC(=O)CCCCCCCCCCCCCCCCC. The van der Waals surface area contributed by atoms with Crippen LogP contribution in [0.15, 0.2) is 0 Å². The molecular weight excluding hydrogens is 799 g/mol. The average molecular weight is 893 g/mol. The van der Waals surface area contributed by atoms with Crippen LogP contribution in [0, 0.1) is 0 Å². The van der Waals surface area contributed by atoms with E-state index in [1.54, 1.807) is 0 Å². The molecule has 14 heteroatoms. The van der Waals surface area contributed by atoms with E-state index in [2.05, 4.69) is 19.2 Å². The van der Waals surface area contributed by atoms with Crippen LogP contribution in [0.3, 0.4) is 0 Å². The Labute approximate surface area is 372 Å². The third-order valence-electron chi connectivity index (χ3n) is 10.7. The molecule has 0 bridgehead atoms. The summed E-state index contributed by atoms with van der Waals surface area (Å²) in [4.78, 5) is 47.5. The highest BCUT2D eigenvalue weighted by Gasteiger charge is 2.26. The van der Waals surface area contributed by atoms with Crippen molar-refractivity contribution in [2.45, 2.75) is 225 Å². The molecule has 1 amide bonds. The van der Waals surface area contributed by atoms with Crippen molar-refractivity contribution in [3.05, 3.63) is 0 Å². The molecule has 0 radical (unpaired) electrons. The fraction of sp³-hybridized carbons (Fsp3) is 0.936. The number of esters is 2. The number of carbonyl (C=O) groups excluding carboxylic acids is 3. The van der Waals surface area contributed by atoms with E-state index in [9.17, 15) is 23.8 Å². The van der Waals surface area contributed by atoms with Crippen LogP contribution < -0.4 is 11.1 Å². The fourth-order valence-electron chi connectivity index (χ4n) is 6.99. The predicted octanol–water partition coefficient (Wildman–Crippen LogP) is 11.2. The number of carbonyl (C=O) groups is 3. The number of nitrogens with one attached hydrogen (secondary N) is 1. The lowest BCUT2D eigenvalue weighted by Crippen LogP contribution is -2.31. The third kappa shape index (κ3) is 46.2. The van der Waals surface area contributed by atoms with E-state index in [1.165, 1.54) is 141 Å². The first-order valence-corrected chi connectivity index (χ1v) is 26.3. The van der Waals surface area contributed by atoms with Gasteiger partial charge in [-0.2, -0.15) is 0 Å². The number of phosphoric ester groups is 1. The van der Waals surface area contributed by atoms with Crippen molar-refractivity contribution in [3.8, 4) is 0 Å². The van der Waals surface area contributed by atoms with Gasteiger partial charge in [0, 0.05) is 25.9 Å². The van der Waals surface area contributed by atoms with Gasteiger partial charge in [-0.25, -0.2) is 4.57 Å². The zero-order valence-corrected chi connectivity index (χ0v) is 40.0. The van der Waals surface area contributed by atoms with Crippen LogP contribution in [0.25, 0.3) is 0 Å². The Kier molecular flexibility index (Phi) is 45.2. The van der Waals surface area contributed by atoms with Gasteiger partial charge in [0.25, 0.3) is 0 Å². The van der Waals surface area contributed by atoms with E-state index in [0.717, 1.165) is 38.5 Å². The molecule has 0 saturated carbocycles. The predicted molar refractivity (Wildman–Crippen MR) is 245 cm³/mol. The van der Waals surface area contributed by atoms with Crippen molar-refractivity contribution in [1.29, 1.82) is 0 Å². The maximum Gasteiger partial charge on any atom is 0.472 e. The molecule has 0 heterocycles. The second-order valence-corrected chi connectivity index (χ2v) is 18.0. The van der Waals surface area contributed by atoms with E-state index < -0.39 is 38.4 Å². The molecule has 0 aliphatic carbocycles. The fourth-order valence-corrected chi connectivity index (χ4v) is 7.74. The molecule has 0 aliphatic rings. The van der Waals surface area contributed by atoms with E-state index >= 15 is 0 Å². The van der Waals surface area contributed by atoms with Crippen molar-refractivity contribution >= 4 is 25.7 Å². The lowest BCUT2D eigenvalue weighted by atomic mass is 10.0. The molecule has 1 unspecified atom stereocenters. The highest BCUT2D eigenvalue weighted by molar-refractivity contribution is 7.47. The van der Waals surface area contributed by atoms with Crippen LogP contribution in [0.2, 0.25) is 0 Å². The summed E-state index contributed by atoms with van der Waals surface area (Å²) in [5.74, 6) is -1.32. The van der Waals surface area contributed by atoms with Crippen molar-refractivity contribution in [1.82, 2.24) is 5.32 Å². The molecule has 2 atom stereocenters. The Hall–Kier alpha value is -1.60. The minimum absolute atomic E-state index is 0.0611. The summed E-state index contributed by atoms with van der Waals surface area (Å²) in [5.41, 5.74) is 5.35. The summed E-state index contributed by atoms with van der Waals surface area (Å²) < 4.78 is 44.0. The normalized spacial score (nSPS) is 12.9. The van der Waals surface area contributed by atoms with Gasteiger partial charge >= 0.3 is 19.8 Å². The van der Waals surface area contributed by atoms with Crippen molar-refractivity contribution < 1.29 is 51.8 Å². The topological polar surface area (TPSA) is 182 Å². The molecule has 0 fully saturated rings. The van der Waals surface area contributed by atoms with Gasteiger partial charge in [0.2, 0.25) is 5.91 Å². The maximum atomic E-state index is 12.8. The molecule has 0 spiro atoms. The lowest BCUT2D eigenvalue weighted by Gasteiger charge is -2.20. The number of hydrogen-bond donors (Lipinski definition) is 3. The minimum Gasteiger partial charge on any atom is -0.462 e. The van der Waals surface area contributed by atoms with Crippen LogP contribution in [0.1, 0.15) is 219 Å². The summed E-state index contributed by atoms with van der Waals surface area (Å²) in [6.45, 7) is 4.48. The maximum absolute atomic E-state index is 12.8. The van der Waals surface area contributed by atoms with Gasteiger partial charge in [-0.15, -0.1) is 0 Å². The van der Waals surface area contributed by atoms with Gasteiger partial charge in [-0.1, -0.05) is 194 Å². The van der Waals surface area contributed by atoms with Gasteiger partial charge in [-0.05, 0) is 12.8 Å². The highest BCUT2D eigenvalue weighted by atomic mass is 31.2. The summed E-state index contributed by atoms with van der Waals surface area (Å²) >= 11 is 0. The molecule has 0 aliphatic heterocycles. The molecular formula is C47H93N2O11P. The van der Waals surface area contributed by atoms with E-state index in [0.29, 0.717) is 32.6 Å². The number of rotatable bonds is 49. The smallest absolute Gasteiger partial charge is 0.462 e. The van der Waals surface area contributed by atoms with E-state index in [4.69, 9.17) is 33.7 Å². The quantitative estimate of drug-likeness (QED) is 0.0299. The van der Waals surface area contributed by atoms with Crippen molar-refractivity contribution in [2.24, 2.45) is 5.73 Å². The number of amides is 1. The van der Waals surface area contributed by atoms with E-state index in [-0.39, 0.29) is 45.8 Å². The monoisotopic (exact) mass is 893 g/mol. The first kappa shape index (κ1) is 59.4. The molecule has 0 rings (SSSR count). The largest absolute Gasteiger partial charge is 0.472 e. The molecule has 4 N–H and O–H groups in total. The Morgan fingerprint density at radius 2 is 0.934 bits per heavy atom. The summed E-state index contributed by atoms with van der Waals surface area (Å²) in [7, 11) is -4.58. The van der Waals surface area contributed by atoms with Gasteiger partial charge in [0.05, 0.1) is 33.0 Å². The number of nitrogens with two attached hydrogens (primary N) is 1. The Balaban J connectivity index is 4.48. The number of phosphoric acid groups is 1. The molecule has 13 nitrogen and oxygen atoms in total. The van der Waals surface area contributed by atoms with Gasteiger partial charge < -0.3 is 34.9 Å². The second kappa shape index (κ2) is 46.4. The van der Waals surface area contributed by atoms with Crippen LogP contribution in [0.5, 0.6) is 0 Å². The van der Waals surface area contributed by atoms with Crippen LogP contribution in [-0.4, -0.2) is 88.2 Å². The summed E-state index contributed by atoms with van der Waals surface area (Å²) in [5, 5.41) is 2.52. The molecule has 0 aromatic carbocycles. The first-order chi connectivity index (χ1) is 29.7. The van der Waals surface area contributed by atoms with Crippen LogP contribution in [-0.2, 0) is 46.9 Å². The first-order valence-electron chi connectivity index (χ1n) is 24.8. The van der Waals surface area contributed by atoms with Crippen LogP contribution >= 0.6 is 7.82 Å². The summed E-state index contributed by atoms with van der Waals surface area (Å²) in [6, 6.07) is 0.